The Labute approximate surface area is 130 Å². The third kappa shape index (κ3) is 3.22. The van der Waals surface area contributed by atoms with Gasteiger partial charge in [0.2, 0.25) is 15.9 Å². The zero-order chi connectivity index (χ0) is 16.5. The van der Waals surface area contributed by atoms with Gasteiger partial charge < -0.3 is 4.74 Å². The van der Waals surface area contributed by atoms with E-state index in [1.807, 2.05) is 26.0 Å². The highest BCUT2D eigenvalue weighted by Crippen LogP contribution is 2.34. The van der Waals surface area contributed by atoms with E-state index in [0.29, 0.717) is 16.8 Å². The molecule has 2 rings (SSSR count). The van der Waals surface area contributed by atoms with Crippen LogP contribution in [0.3, 0.4) is 0 Å². The molecule has 2 aromatic rings. The van der Waals surface area contributed by atoms with Gasteiger partial charge in [-0.25, -0.2) is 12.7 Å². The summed E-state index contributed by atoms with van der Waals surface area (Å²) in [7, 11) is -3.70. The van der Waals surface area contributed by atoms with Gasteiger partial charge in [-0.2, -0.15) is 0 Å². The van der Waals surface area contributed by atoms with Crippen molar-refractivity contribution >= 4 is 32.4 Å². The van der Waals surface area contributed by atoms with Crippen LogP contribution < -0.4 is 9.04 Å². The lowest BCUT2D eigenvalue weighted by molar-refractivity contribution is -0.115. The number of sulfonamides is 1. The first-order chi connectivity index (χ1) is 10.2. The summed E-state index contributed by atoms with van der Waals surface area (Å²) in [6.45, 7) is 5.07. The SMILES string of the molecule is CC(=O)N(c1cccc2c(OC(C)C)cccc12)S(C)(=O)=O. The molecule has 6 heteroatoms. The maximum absolute atomic E-state index is 12.0. The lowest BCUT2D eigenvalue weighted by atomic mass is 10.1. The van der Waals surface area contributed by atoms with Crippen LogP contribution in [-0.2, 0) is 14.8 Å². The van der Waals surface area contributed by atoms with Crippen molar-refractivity contribution in [1.29, 1.82) is 0 Å². The van der Waals surface area contributed by atoms with E-state index in [1.165, 1.54) is 6.92 Å². The molecule has 0 saturated heterocycles. The highest BCUT2D eigenvalue weighted by molar-refractivity contribution is 7.92. The second-order valence-corrected chi connectivity index (χ2v) is 7.17. The second kappa shape index (κ2) is 5.96. The molecule has 1 amide bonds. The summed E-state index contributed by atoms with van der Waals surface area (Å²) in [6.07, 6.45) is 1.01. The van der Waals surface area contributed by atoms with Crippen LogP contribution in [0.5, 0.6) is 5.75 Å². The summed E-state index contributed by atoms with van der Waals surface area (Å²) in [4.78, 5) is 11.8. The summed E-state index contributed by atoms with van der Waals surface area (Å²) in [6, 6.07) is 10.6. The van der Waals surface area contributed by atoms with E-state index in [4.69, 9.17) is 4.74 Å². The number of carbonyl (C=O) groups excluding carboxylic acids is 1. The Hall–Kier alpha value is -2.08. The lowest BCUT2D eigenvalue weighted by Crippen LogP contribution is -2.34. The minimum Gasteiger partial charge on any atom is -0.490 e. The molecule has 0 fully saturated rings. The molecule has 0 aromatic heterocycles. The molecule has 0 radical (unpaired) electrons. The van der Waals surface area contributed by atoms with Crippen LogP contribution in [0, 0.1) is 0 Å². The molecular weight excluding hydrogens is 302 g/mol. The van der Waals surface area contributed by atoms with Crippen LogP contribution in [0.1, 0.15) is 20.8 Å². The summed E-state index contributed by atoms with van der Waals surface area (Å²) < 4.78 is 30.5. The van der Waals surface area contributed by atoms with Crippen LogP contribution in [0.4, 0.5) is 5.69 Å². The van der Waals surface area contributed by atoms with Gasteiger partial charge in [0.1, 0.15) is 5.75 Å². The Morgan fingerprint density at radius 2 is 1.68 bits per heavy atom. The highest BCUT2D eigenvalue weighted by atomic mass is 32.2. The summed E-state index contributed by atoms with van der Waals surface area (Å²) in [5.74, 6) is 0.108. The molecule has 0 N–H and O–H groups in total. The quantitative estimate of drug-likeness (QED) is 0.868. The molecule has 0 spiro atoms. The van der Waals surface area contributed by atoms with E-state index in [9.17, 15) is 13.2 Å². The normalized spacial score (nSPS) is 11.7. The van der Waals surface area contributed by atoms with Crippen LogP contribution >= 0.6 is 0 Å². The molecule has 22 heavy (non-hydrogen) atoms. The number of benzene rings is 2. The molecule has 0 aliphatic rings. The van der Waals surface area contributed by atoms with Crippen molar-refractivity contribution in [3.63, 3.8) is 0 Å². The van der Waals surface area contributed by atoms with Gasteiger partial charge in [-0.3, -0.25) is 4.79 Å². The van der Waals surface area contributed by atoms with Gasteiger partial charge in [0.25, 0.3) is 0 Å². The molecule has 0 aliphatic carbocycles. The fourth-order valence-corrected chi connectivity index (χ4v) is 3.36. The molecule has 0 saturated carbocycles. The van der Waals surface area contributed by atoms with Gasteiger partial charge in [-0.05, 0) is 26.0 Å². The van der Waals surface area contributed by atoms with Gasteiger partial charge in [0.05, 0.1) is 18.0 Å². The Morgan fingerprint density at radius 3 is 2.23 bits per heavy atom. The van der Waals surface area contributed by atoms with Crippen molar-refractivity contribution in [1.82, 2.24) is 0 Å². The topological polar surface area (TPSA) is 63.7 Å². The molecule has 0 aliphatic heterocycles. The number of carbonyl (C=O) groups is 1. The molecule has 0 atom stereocenters. The third-order valence-corrected chi connectivity index (χ3v) is 4.18. The average molecular weight is 321 g/mol. The molecule has 5 nitrogen and oxygen atoms in total. The average Bonchev–Trinajstić information content (AvgIpc) is 2.37. The third-order valence-electron chi connectivity index (χ3n) is 3.06. The summed E-state index contributed by atoms with van der Waals surface area (Å²) in [5.41, 5.74) is 0.335. The Morgan fingerprint density at radius 1 is 1.09 bits per heavy atom. The van der Waals surface area contributed by atoms with Crippen molar-refractivity contribution in [2.75, 3.05) is 10.6 Å². The van der Waals surface area contributed by atoms with Crippen molar-refractivity contribution in [3.05, 3.63) is 36.4 Å². The summed E-state index contributed by atoms with van der Waals surface area (Å²) in [5, 5.41) is 1.42. The molecule has 0 heterocycles. The molecule has 118 valence electrons. The number of fused-ring (bicyclic) bond motifs is 1. The maximum atomic E-state index is 12.0. The Balaban J connectivity index is 2.73. The first kappa shape index (κ1) is 16.3. The lowest BCUT2D eigenvalue weighted by Gasteiger charge is -2.21. The van der Waals surface area contributed by atoms with Crippen molar-refractivity contribution in [2.24, 2.45) is 0 Å². The largest absolute Gasteiger partial charge is 0.490 e. The maximum Gasteiger partial charge on any atom is 0.238 e. The molecule has 0 unspecified atom stereocenters. The van der Waals surface area contributed by atoms with E-state index in [0.717, 1.165) is 15.9 Å². The molecular formula is C16H19NO4S. The standard InChI is InChI=1S/C16H19NO4S/c1-11(2)21-16-10-6-7-13-14(16)8-5-9-15(13)17(12(3)18)22(4,19)20/h5-11H,1-4H3. The molecule has 2 aromatic carbocycles. The van der Waals surface area contributed by atoms with E-state index < -0.39 is 15.9 Å². The van der Waals surface area contributed by atoms with Crippen LogP contribution in [-0.4, -0.2) is 26.7 Å². The van der Waals surface area contributed by atoms with E-state index in [1.54, 1.807) is 24.3 Å². The fourth-order valence-electron chi connectivity index (χ4n) is 2.38. The molecule has 0 bridgehead atoms. The van der Waals surface area contributed by atoms with Gasteiger partial charge in [-0.1, -0.05) is 24.3 Å². The van der Waals surface area contributed by atoms with Gasteiger partial charge in [0.15, 0.2) is 0 Å². The zero-order valence-corrected chi connectivity index (χ0v) is 13.8. The number of ether oxygens (including phenoxy) is 1. The first-order valence-electron chi connectivity index (χ1n) is 6.91. The smallest absolute Gasteiger partial charge is 0.238 e. The number of nitrogens with zero attached hydrogens (tertiary/aromatic N) is 1. The summed E-state index contributed by atoms with van der Waals surface area (Å²) >= 11 is 0. The highest BCUT2D eigenvalue weighted by Gasteiger charge is 2.24. The van der Waals surface area contributed by atoms with Crippen molar-refractivity contribution in [3.8, 4) is 5.75 Å². The van der Waals surface area contributed by atoms with Gasteiger partial charge in [-0.15, -0.1) is 0 Å². The predicted molar refractivity (Wildman–Crippen MR) is 87.7 cm³/mol. The minimum atomic E-state index is -3.70. The number of rotatable bonds is 4. The van der Waals surface area contributed by atoms with Gasteiger partial charge >= 0.3 is 0 Å². The van der Waals surface area contributed by atoms with Crippen molar-refractivity contribution < 1.29 is 17.9 Å². The Kier molecular flexibility index (Phi) is 4.42. The fraction of sp³-hybridized carbons (Fsp3) is 0.312. The minimum absolute atomic E-state index is 0.00641. The zero-order valence-electron chi connectivity index (χ0n) is 13.0. The van der Waals surface area contributed by atoms with E-state index >= 15 is 0 Å². The van der Waals surface area contributed by atoms with Crippen LogP contribution in [0.2, 0.25) is 0 Å². The number of hydrogen-bond acceptors (Lipinski definition) is 4. The van der Waals surface area contributed by atoms with E-state index in [2.05, 4.69) is 0 Å². The monoisotopic (exact) mass is 321 g/mol. The number of anilines is 1. The van der Waals surface area contributed by atoms with Gasteiger partial charge in [0, 0.05) is 17.7 Å². The second-order valence-electron chi connectivity index (χ2n) is 5.34. The number of hydrogen-bond donors (Lipinski definition) is 0. The van der Waals surface area contributed by atoms with Crippen LogP contribution in [0.25, 0.3) is 10.8 Å². The number of amides is 1. The van der Waals surface area contributed by atoms with Crippen LogP contribution in [0.15, 0.2) is 36.4 Å². The van der Waals surface area contributed by atoms with E-state index in [-0.39, 0.29) is 6.10 Å². The van der Waals surface area contributed by atoms with Crippen molar-refractivity contribution in [2.45, 2.75) is 26.9 Å². The Bertz CT molecular complexity index is 812. The first-order valence-corrected chi connectivity index (χ1v) is 8.76. The predicted octanol–water partition coefficient (Wildman–Crippen LogP) is 2.94.